The Labute approximate surface area is 107 Å². The number of aliphatic hydroxyl groups is 1. The van der Waals surface area contributed by atoms with Gasteiger partial charge in [0.25, 0.3) is 5.91 Å². The van der Waals surface area contributed by atoms with Gasteiger partial charge < -0.3 is 10.4 Å². The Morgan fingerprint density at radius 3 is 2.65 bits per heavy atom. The monoisotopic (exact) mass is 253 g/mol. The third-order valence-corrected chi connectivity index (χ3v) is 3.95. The molecule has 0 bridgehead atoms. The molecule has 0 aliphatic carbocycles. The minimum atomic E-state index is -0.0805. The summed E-state index contributed by atoms with van der Waals surface area (Å²) in [5, 5.41) is 12.1. The van der Waals surface area contributed by atoms with Crippen LogP contribution < -0.4 is 5.32 Å². The van der Waals surface area contributed by atoms with Crippen LogP contribution in [0, 0.1) is 6.92 Å². The van der Waals surface area contributed by atoms with Crippen molar-refractivity contribution in [3.05, 3.63) is 35.4 Å². The number of carbonyl (C=O) groups is 1. The number of thioether (sulfide) groups is 1. The number of benzene rings is 1. The minimum absolute atomic E-state index is 0.0305. The molecule has 0 heterocycles. The first kappa shape index (κ1) is 14.1. The van der Waals surface area contributed by atoms with Crippen LogP contribution in [0.1, 0.15) is 22.8 Å². The first-order chi connectivity index (χ1) is 8.10. The molecule has 3 nitrogen and oxygen atoms in total. The van der Waals surface area contributed by atoms with Gasteiger partial charge in [-0.05, 0) is 31.7 Å². The van der Waals surface area contributed by atoms with Gasteiger partial charge in [-0.1, -0.05) is 18.2 Å². The van der Waals surface area contributed by atoms with Gasteiger partial charge in [0, 0.05) is 16.9 Å². The number of nitrogens with one attached hydrogen (secondary N) is 1. The van der Waals surface area contributed by atoms with Crippen LogP contribution >= 0.6 is 11.8 Å². The van der Waals surface area contributed by atoms with Crippen molar-refractivity contribution in [1.29, 1.82) is 0 Å². The van der Waals surface area contributed by atoms with Crippen molar-refractivity contribution in [2.24, 2.45) is 0 Å². The Hall–Kier alpha value is -1.00. The summed E-state index contributed by atoms with van der Waals surface area (Å²) in [6.45, 7) is 3.89. The summed E-state index contributed by atoms with van der Waals surface area (Å²) in [6.07, 6.45) is 1.93. The quantitative estimate of drug-likeness (QED) is 0.842. The third kappa shape index (κ3) is 3.75. The third-order valence-electron chi connectivity index (χ3n) is 2.79. The van der Waals surface area contributed by atoms with Gasteiger partial charge >= 0.3 is 0 Å². The Kier molecular flexibility index (Phi) is 5.51. The van der Waals surface area contributed by atoms with Gasteiger partial charge in [-0.3, -0.25) is 4.79 Å². The number of hydrogen-bond donors (Lipinski definition) is 2. The second-order valence-electron chi connectivity index (χ2n) is 4.03. The molecule has 0 fully saturated rings. The number of rotatable bonds is 5. The fourth-order valence-electron chi connectivity index (χ4n) is 1.64. The van der Waals surface area contributed by atoms with E-state index in [9.17, 15) is 4.79 Å². The fourth-order valence-corrected chi connectivity index (χ4v) is 2.27. The number of aryl methyl sites for hydroxylation is 1. The molecular weight excluding hydrogens is 234 g/mol. The van der Waals surface area contributed by atoms with E-state index in [1.165, 1.54) is 0 Å². The molecule has 0 radical (unpaired) electrons. The van der Waals surface area contributed by atoms with E-state index in [4.69, 9.17) is 5.11 Å². The molecule has 1 aromatic rings. The normalized spacial score (nSPS) is 14.1. The molecule has 0 saturated heterocycles. The number of aliphatic hydroxyl groups excluding tert-OH is 1. The summed E-state index contributed by atoms with van der Waals surface area (Å²) in [4.78, 5) is 12.0. The Morgan fingerprint density at radius 1 is 1.47 bits per heavy atom. The lowest BCUT2D eigenvalue weighted by molar-refractivity contribution is 0.0935. The fraction of sp³-hybridized carbons (Fsp3) is 0.462. The molecule has 0 saturated carbocycles. The summed E-state index contributed by atoms with van der Waals surface area (Å²) in [6, 6.07) is 7.43. The maximum absolute atomic E-state index is 12.0. The second kappa shape index (κ2) is 6.67. The Balaban J connectivity index is 2.70. The number of hydrogen-bond acceptors (Lipinski definition) is 3. The van der Waals surface area contributed by atoms with Crippen molar-refractivity contribution in [3.8, 4) is 0 Å². The molecule has 2 atom stereocenters. The molecule has 0 aliphatic rings. The van der Waals surface area contributed by atoms with Gasteiger partial charge in [0.05, 0.1) is 6.61 Å². The largest absolute Gasteiger partial charge is 0.395 e. The molecular formula is C13H19NO2S. The van der Waals surface area contributed by atoms with Crippen LogP contribution in [0.25, 0.3) is 0 Å². The van der Waals surface area contributed by atoms with E-state index in [-0.39, 0.29) is 23.8 Å². The van der Waals surface area contributed by atoms with Crippen LogP contribution in [0.3, 0.4) is 0 Å². The zero-order chi connectivity index (χ0) is 12.8. The van der Waals surface area contributed by atoms with Gasteiger partial charge in [0.15, 0.2) is 0 Å². The predicted molar refractivity (Wildman–Crippen MR) is 72.5 cm³/mol. The summed E-state index contributed by atoms with van der Waals surface area (Å²) in [5.74, 6) is -0.0805. The van der Waals surface area contributed by atoms with Crippen molar-refractivity contribution in [3.63, 3.8) is 0 Å². The van der Waals surface area contributed by atoms with Crippen LogP contribution in [0.15, 0.2) is 24.3 Å². The molecule has 2 N–H and O–H groups in total. The summed E-state index contributed by atoms with van der Waals surface area (Å²) < 4.78 is 0. The van der Waals surface area contributed by atoms with E-state index in [1.54, 1.807) is 11.8 Å². The van der Waals surface area contributed by atoms with E-state index >= 15 is 0 Å². The molecule has 4 heteroatoms. The highest BCUT2D eigenvalue weighted by molar-refractivity contribution is 7.99. The number of amides is 1. The topological polar surface area (TPSA) is 49.3 Å². The maximum Gasteiger partial charge on any atom is 0.251 e. The van der Waals surface area contributed by atoms with Crippen molar-refractivity contribution in [2.45, 2.75) is 25.1 Å². The average Bonchev–Trinajstić information content (AvgIpc) is 2.31. The van der Waals surface area contributed by atoms with E-state index in [0.717, 1.165) is 5.56 Å². The lowest BCUT2D eigenvalue weighted by atomic mass is 10.1. The SMILES string of the molecule is CSC(CO)C(C)NC(=O)c1ccccc1C. The van der Waals surface area contributed by atoms with Gasteiger partial charge in [0.2, 0.25) is 0 Å². The van der Waals surface area contributed by atoms with Crippen LogP contribution in [0.2, 0.25) is 0 Å². The minimum Gasteiger partial charge on any atom is -0.395 e. The van der Waals surface area contributed by atoms with Crippen LogP contribution in [-0.4, -0.2) is 35.2 Å². The highest BCUT2D eigenvalue weighted by atomic mass is 32.2. The second-order valence-corrected chi connectivity index (χ2v) is 5.11. The van der Waals surface area contributed by atoms with Crippen LogP contribution in [0.4, 0.5) is 0 Å². The zero-order valence-corrected chi connectivity index (χ0v) is 11.3. The van der Waals surface area contributed by atoms with E-state index in [1.807, 2.05) is 44.4 Å². The standard InChI is InChI=1S/C13H19NO2S/c1-9-6-4-5-7-11(9)13(16)14-10(2)12(8-15)17-3/h4-7,10,12,15H,8H2,1-3H3,(H,14,16). The Morgan fingerprint density at radius 2 is 2.12 bits per heavy atom. The average molecular weight is 253 g/mol. The maximum atomic E-state index is 12.0. The van der Waals surface area contributed by atoms with E-state index < -0.39 is 0 Å². The lowest BCUT2D eigenvalue weighted by Crippen LogP contribution is -2.41. The summed E-state index contributed by atoms with van der Waals surface area (Å²) in [7, 11) is 0. The van der Waals surface area contributed by atoms with Gasteiger partial charge in [0.1, 0.15) is 0 Å². The first-order valence-electron chi connectivity index (χ1n) is 5.60. The highest BCUT2D eigenvalue weighted by Crippen LogP contribution is 2.12. The van der Waals surface area contributed by atoms with Crippen molar-refractivity contribution in [2.75, 3.05) is 12.9 Å². The molecule has 94 valence electrons. The number of carbonyl (C=O) groups excluding carboxylic acids is 1. The summed E-state index contributed by atoms with van der Waals surface area (Å²) >= 11 is 1.55. The molecule has 0 aromatic heterocycles. The summed E-state index contributed by atoms with van der Waals surface area (Å²) in [5.41, 5.74) is 1.65. The van der Waals surface area contributed by atoms with E-state index in [2.05, 4.69) is 5.32 Å². The smallest absolute Gasteiger partial charge is 0.251 e. The van der Waals surface area contributed by atoms with Crippen LogP contribution in [0.5, 0.6) is 0 Å². The molecule has 1 aromatic carbocycles. The molecule has 0 aliphatic heterocycles. The molecule has 17 heavy (non-hydrogen) atoms. The molecule has 0 spiro atoms. The molecule has 2 unspecified atom stereocenters. The predicted octanol–water partition coefficient (Wildman–Crippen LogP) is 1.84. The lowest BCUT2D eigenvalue weighted by Gasteiger charge is -2.21. The van der Waals surface area contributed by atoms with Crippen LogP contribution in [-0.2, 0) is 0 Å². The molecule has 1 rings (SSSR count). The first-order valence-corrected chi connectivity index (χ1v) is 6.89. The van der Waals surface area contributed by atoms with Crippen molar-refractivity contribution < 1.29 is 9.90 Å². The van der Waals surface area contributed by atoms with Gasteiger partial charge in [-0.25, -0.2) is 0 Å². The highest BCUT2D eigenvalue weighted by Gasteiger charge is 2.18. The van der Waals surface area contributed by atoms with Crippen molar-refractivity contribution in [1.82, 2.24) is 5.32 Å². The van der Waals surface area contributed by atoms with Gasteiger partial charge in [-0.15, -0.1) is 0 Å². The van der Waals surface area contributed by atoms with Crippen molar-refractivity contribution >= 4 is 17.7 Å². The Bertz CT molecular complexity index is 377. The molecule has 1 amide bonds. The van der Waals surface area contributed by atoms with Gasteiger partial charge in [-0.2, -0.15) is 11.8 Å². The van der Waals surface area contributed by atoms with E-state index in [0.29, 0.717) is 5.56 Å². The zero-order valence-electron chi connectivity index (χ0n) is 10.4.